The molecule has 0 bridgehead atoms. The van der Waals surface area contributed by atoms with Crippen molar-refractivity contribution in [3.8, 4) is 0 Å². The molecule has 0 saturated carbocycles. The van der Waals surface area contributed by atoms with Crippen LogP contribution < -0.4 is 0 Å². The fourth-order valence-electron chi connectivity index (χ4n) is 2.45. The molecule has 0 N–H and O–H groups in total. The third kappa shape index (κ3) is 1.14. The van der Waals surface area contributed by atoms with Crippen LogP contribution in [0.15, 0.2) is 30.3 Å². The van der Waals surface area contributed by atoms with Gasteiger partial charge in [0.2, 0.25) is 0 Å². The Morgan fingerprint density at radius 2 is 1.80 bits per heavy atom. The molecule has 1 aliphatic rings. The SMILES string of the molecule is CC(C)c1ccc2cccc3c2c1C=C3. The molecule has 0 heterocycles. The summed E-state index contributed by atoms with van der Waals surface area (Å²) in [5, 5.41) is 2.79. The number of hydrogen-bond acceptors (Lipinski definition) is 0. The Hall–Kier alpha value is -1.56. The van der Waals surface area contributed by atoms with Gasteiger partial charge in [-0.05, 0) is 33.4 Å². The lowest BCUT2D eigenvalue weighted by molar-refractivity contribution is 0.866. The second-order valence-corrected chi connectivity index (χ2v) is 4.50. The average Bonchev–Trinajstić information content (AvgIpc) is 2.65. The summed E-state index contributed by atoms with van der Waals surface area (Å²) in [6, 6.07) is 11.0. The van der Waals surface area contributed by atoms with Gasteiger partial charge in [0.25, 0.3) is 0 Å². The van der Waals surface area contributed by atoms with Gasteiger partial charge in [0.1, 0.15) is 0 Å². The molecular weight excluding hydrogens is 180 g/mol. The van der Waals surface area contributed by atoms with Crippen molar-refractivity contribution in [1.29, 1.82) is 0 Å². The van der Waals surface area contributed by atoms with E-state index in [1.54, 1.807) is 0 Å². The molecule has 3 rings (SSSR count). The summed E-state index contributed by atoms with van der Waals surface area (Å²) in [6.07, 6.45) is 4.48. The zero-order chi connectivity index (χ0) is 10.4. The van der Waals surface area contributed by atoms with Gasteiger partial charge in [-0.25, -0.2) is 0 Å². The summed E-state index contributed by atoms with van der Waals surface area (Å²) in [5.74, 6) is 0.597. The van der Waals surface area contributed by atoms with Crippen molar-refractivity contribution >= 4 is 22.9 Å². The van der Waals surface area contributed by atoms with Crippen molar-refractivity contribution in [2.75, 3.05) is 0 Å². The second-order valence-electron chi connectivity index (χ2n) is 4.50. The topological polar surface area (TPSA) is 0 Å². The maximum absolute atomic E-state index is 2.27. The van der Waals surface area contributed by atoms with E-state index >= 15 is 0 Å². The van der Waals surface area contributed by atoms with Gasteiger partial charge >= 0.3 is 0 Å². The zero-order valence-corrected chi connectivity index (χ0v) is 9.12. The minimum atomic E-state index is 0.597. The third-order valence-electron chi connectivity index (χ3n) is 3.20. The first-order chi connectivity index (χ1) is 7.27. The van der Waals surface area contributed by atoms with Gasteiger partial charge in [-0.3, -0.25) is 0 Å². The van der Waals surface area contributed by atoms with Crippen LogP contribution in [0.5, 0.6) is 0 Å². The standard InChI is InChI=1S/C15H14/c1-10(2)13-8-6-11-4-3-5-12-7-9-14(13)15(11)12/h3-10H,1-2H3. The highest BCUT2D eigenvalue weighted by Crippen LogP contribution is 2.35. The predicted octanol–water partition coefficient (Wildman–Crippen LogP) is 4.45. The van der Waals surface area contributed by atoms with Crippen molar-refractivity contribution < 1.29 is 0 Å². The summed E-state index contributed by atoms with van der Waals surface area (Å²) < 4.78 is 0. The first-order valence-electron chi connectivity index (χ1n) is 5.51. The lowest BCUT2D eigenvalue weighted by Gasteiger charge is -2.11. The smallest absolute Gasteiger partial charge is 0.00360 e. The summed E-state index contributed by atoms with van der Waals surface area (Å²) in [6.45, 7) is 4.51. The fourth-order valence-corrected chi connectivity index (χ4v) is 2.45. The van der Waals surface area contributed by atoms with E-state index in [0.29, 0.717) is 5.92 Å². The first kappa shape index (κ1) is 8.72. The Labute approximate surface area is 90.2 Å². The van der Waals surface area contributed by atoms with Crippen LogP contribution in [-0.4, -0.2) is 0 Å². The van der Waals surface area contributed by atoms with E-state index in [9.17, 15) is 0 Å². The van der Waals surface area contributed by atoms with Gasteiger partial charge in [-0.2, -0.15) is 0 Å². The molecule has 0 radical (unpaired) electrons. The molecule has 0 aliphatic heterocycles. The van der Waals surface area contributed by atoms with E-state index in [1.165, 1.54) is 27.5 Å². The van der Waals surface area contributed by atoms with E-state index in [0.717, 1.165) is 0 Å². The number of hydrogen-bond donors (Lipinski definition) is 0. The van der Waals surface area contributed by atoms with Gasteiger partial charge in [-0.1, -0.05) is 56.3 Å². The van der Waals surface area contributed by atoms with Gasteiger partial charge in [0.15, 0.2) is 0 Å². The monoisotopic (exact) mass is 194 g/mol. The lowest BCUT2D eigenvalue weighted by atomic mass is 9.93. The lowest BCUT2D eigenvalue weighted by Crippen LogP contribution is -1.91. The summed E-state index contributed by atoms with van der Waals surface area (Å²) >= 11 is 0. The molecule has 0 saturated heterocycles. The minimum Gasteiger partial charge on any atom is -0.0610 e. The first-order valence-corrected chi connectivity index (χ1v) is 5.51. The molecule has 0 nitrogen and oxygen atoms in total. The summed E-state index contributed by atoms with van der Waals surface area (Å²) in [4.78, 5) is 0. The highest BCUT2D eigenvalue weighted by molar-refractivity contribution is 6.05. The molecule has 0 spiro atoms. The highest BCUT2D eigenvalue weighted by Gasteiger charge is 2.13. The molecule has 1 aliphatic carbocycles. The molecule has 0 heteroatoms. The van der Waals surface area contributed by atoms with Crippen molar-refractivity contribution in [3.05, 3.63) is 47.0 Å². The van der Waals surface area contributed by atoms with E-state index in [4.69, 9.17) is 0 Å². The third-order valence-corrected chi connectivity index (χ3v) is 3.20. The fraction of sp³-hybridized carbons (Fsp3) is 0.200. The molecule has 0 aromatic heterocycles. The van der Waals surface area contributed by atoms with Crippen molar-refractivity contribution in [2.45, 2.75) is 19.8 Å². The quantitative estimate of drug-likeness (QED) is 0.537. The Bertz CT molecular complexity index is 560. The molecule has 0 unspecified atom stereocenters. The van der Waals surface area contributed by atoms with E-state index in [-0.39, 0.29) is 0 Å². The van der Waals surface area contributed by atoms with Crippen LogP contribution in [0.4, 0.5) is 0 Å². The van der Waals surface area contributed by atoms with Gasteiger partial charge in [-0.15, -0.1) is 0 Å². The maximum atomic E-state index is 2.27. The van der Waals surface area contributed by atoms with Crippen LogP contribution in [0, 0.1) is 0 Å². The second kappa shape index (κ2) is 2.96. The molecule has 2 aromatic rings. The normalized spacial score (nSPS) is 13.0. The largest absolute Gasteiger partial charge is 0.0610 e. The van der Waals surface area contributed by atoms with Gasteiger partial charge < -0.3 is 0 Å². The number of rotatable bonds is 1. The predicted molar refractivity (Wildman–Crippen MR) is 67.0 cm³/mol. The van der Waals surface area contributed by atoms with Crippen LogP contribution >= 0.6 is 0 Å². The van der Waals surface area contributed by atoms with Gasteiger partial charge in [0.05, 0.1) is 0 Å². The van der Waals surface area contributed by atoms with Crippen LogP contribution in [0.1, 0.15) is 36.5 Å². The van der Waals surface area contributed by atoms with Gasteiger partial charge in [0, 0.05) is 0 Å². The van der Waals surface area contributed by atoms with Crippen LogP contribution in [0.3, 0.4) is 0 Å². The molecule has 0 atom stereocenters. The Morgan fingerprint density at radius 3 is 2.60 bits per heavy atom. The summed E-state index contributed by atoms with van der Waals surface area (Å²) in [7, 11) is 0. The molecule has 2 aromatic carbocycles. The maximum Gasteiger partial charge on any atom is -0.00360 e. The molecular formula is C15H14. The summed E-state index contributed by atoms with van der Waals surface area (Å²) in [5.41, 5.74) is 4.26. The average molecular weight is 194 g/mol. The molecule has 74 valence electrons. The van der Waals surface area contributed by atoms with Crippen molar-refractivity contribution in [3.63, 3.8) is 0 Å². The highest BCUT2D eigenvalue weighted by atomic mass is 14.2. The Balaban J connectivity index is 2.45. The Morgan fingerprint density at radius 1 is 0.933 bits per heavy atom. The van der Waals surface area contributed by atoms with E-state index < -0.39 is 0 Å². The minimum absolute atomic E-state index is 0.597. The molecule has 15 heavy (non-hydrogen) atoms. The van der Waals surface area contributed by atoms with Crippen LogP contribution in [-0.2, 0) is 0 Å². The van der Waals surface area contributed by atoms with E-state index in [1.807, 2.05) is 0 Å². The zero-order valence-electron chi connectivity index (χ0n) is 9.12. The van der Waals surface area contributed by atoms with Crippen LogP contribution in [0.2, 0.25) is 0 Å². The van der Waals surface area contributed by atoms with E-state index in [2.05, 4.69) is 56.3 Å². The Kier molecular flexibility index (Phi) is 1.72. The molecule has 0 amide bonds. The van der Waals surface area contributed by atoms with Crippen LogP contribution in [0.25, 0.3) is 22.9 Å². The van der Waals surface area contributed by atoms with Crippen molar-refractivity contribution in [2.24, 2.45) is 0 Å². The number of benzene rings is 2. The van der Waals surface area contributed by atoms with Crippen molar-refractivity contribution in [1.82, 2.24) is 0 Å². The molecule has 0 fully saturated rings.